The number of thioether (sulfide) groups is 1. The van der Waals surface area contributed by atoms with Crippen LogP contribution in [0.25, 0.3) is 0 Å². The van der Waals surface area contributed by atoms with Crippen LogP contribution in [0.4, 0.5) is 4.79 Å². The van der Waals surface area contributed by atoms with E-state index < -0.39 is 5.97 Å². The van der Waals surface area contributed by atoms with Crippen LogP contribution in [0.5, 0.6) is 0 Å². The molecule has 6 nitrogen and oxygen atoms in total. The Morgan fingerprint density at radius 3 is 2.85 bits per heavy atom. The number of pyridine rings is 1. The molecule has 1 rings (SSSR count). The van der Waals surface area contributed by atoms with Crippen molar-refractivity contribution >= 4 is 23.8 Å². The lowest BCUT2D eigenvalue weighted by Crippen LogP contribution is -2.42. The second kappa shape index (κ2) is 8.42. The van der Waals surface area contributed by atoms with E-state index in [2.05, 4.69) is 15.6 Å². The summed E-state index contributed by atoms with van der Waals surface area (Å²) in [6, 6.07) is 2.72. The van der Waals surface area contributed by atoms with Gasteiger partial charge in [0.15, 0.2) is 0 Å². The number of carboxylic acid groups (broad SMARTS) is 1. The lowest BCUT2D eigenvalue weighted by molar-refractivity contribution is 0.0696. The molecule has 20 heavy (non-hydrogen) atoms. The first kappa shape index (κ1) is 16.3. The highest BCUT2D eigenvalue weighted by Crippen LogP contribution is 2.02. The van der Waals surface area contributed by atoms with E-state index in [0.29, 0.717) is 5.69 Å². The second-order valence-corrected chi connectivity index (χ2v) is 5.14. The van der Waals surface area contributed by atoms with E-state index in [9.17, 15) is 9.59 Å². The zero-order chi connectivity index (χ0) is 15.0. The van der Waals surface area contributed by atoms with Crippen LogP contribution in [0.1, 0.15) is 29.4 Å². The van der Waals surface area contributed by atoms with Crippen LogP contribution >= 0.6 is 11.8 Å². The number of carbonyl (C=O) groups is 2. The molecule has 0 aliphatic carbocycles. The molecule has 0 saturated heterocycles. The van der Waals surface area contributed by atoms with Gasteiger partial charge in [0.05, 0.1) is 17.8 Å². The standard InChI is InChI=1S/C13H19N3O3S/c1-3-10(8-20-2)16-13(19)15-7-11-6-9(12(17)18)4-5-14-11/h4-6,10H,3,7-8H2,1-2H3,(H,17,18)(H2,15,16,19). The molecule has 0 saturated carbocycles. The molecule has 1 unspecified atom stereocenters. The molecule has 0 aromatic carbocycles. The van der Waals surface area contributed by atoms with Crippen molar-refractivity contribution in [3.8, 4) is 0 Å². The molecule has 0 spiro atoms. The van der Waals surface area contributed by atoms with Gasteiger partial charge in [0.1, 0.15) is 0 Å². The average molecular weight is 297 g/mol. The number of carboxylic acids is 1. The summed E-state index contributed by atoms with van der Waals surface area (Å²) >= 11 is 1.68. The molecule has 0 bridgehead atoms. The third kappa shape index (κ3) is 5.48. The van der Waals surface area contributed by atoms with Gasteiger partial charge in [-0.3, -0.25) is 4.98 Å². The predicted molar refractivity (Wildman–Crippen MR) is 79.0 cm³/mol. The molecule has 1 heterocycles. The topological polar surface area (TPSA) is 91.3 Å². The first-order chi connectivity index (χ1) is 9.56. The van der Waals surface area contributed by atoms with Crippen molar-refractivity contribution in [2.24, 2.45) is 0 Å². The number of rotatable bonds is 7. The minimum Gasteiger partial charge on any atom is -0.478 e. The molecule has 0 radical (unpaired) electrons. The summed E-state index contributed by atoms with van der Waals surface area (Å²) in [6.45, 7) is 2.21. The van der Waals surface area contributed by atoms with Gasteiger partial charge < -0.3 is 15.7 Å². The maximum absolute atomic E-state index is 11.7. The maximum Gasteiger partial charge on any atom is 0.335 e. The summed E-state index contributed by atoms with van der Waals surface area (Å²) < 4.78 is 0. The number of nitrogens with one attached hydrogen (secondary N) is 2. The number of hydrogen-bond acceptors (Lipinski definition) is 4. The molecule has 3 N–H and O–H groups in total. The monoisotopic (exact) mass is 297 g/mol. The number of urea groups is 1. The molecule has 2 amide bonds. The van der Waals surface area contributed by atoms with Crippen LogP contribution in [-0.4, -0.2) is 40.1 Å². The number of aromatic nitrogens is 1. The second-order valence-electron chi connectivity index (χ2n) is 4.23. The van der Waals surface area contributed by atoms with E-state index in [-0.39, 0.29) is 24.2 Å². The zero-order valence-electron chi connectivity index (χ0n) is 11.5. The van der Waals surface area contributed by atoms with Crippen molar-refractivity contribution in [2.75, 3.05) is 12.0 Å². The summed E-state index contributed by atoms with van der Waals surface area (Å²) in [4.78, 5) is 26.5. The quantitative estimate of drug-likeness (QED) is 0.713. The van der Waals surface area contributed by atoms with Crippen LogP contribution in [0.3, 0.4) is 0 Å². The van der Waals surface area contributed by atoms with Crippen molar-refractivity contribution in [3.63, 3.8) is 0 Å². The molecule has 0 fully saturated rings. The van der Waals surface area contributed by atoms with E-state index in [4.69, 9.17) is 5.11 Å². The Balaban J connectivity index is 2.48. The van der Waals surface area contributed by atoms with E-state index >= 15 is 0 Å². The Hall–Kier alpha value is -1.76. The third-order valence-corrected chi connectivity index (χ3v) is 3.43. The van der Waals surface area contributed by atoms with Crippen LogP contribution < -0.4 is 10.6 Å². The van der Waals surface area contributed by atoms with Gasteiger partial charge in [0, 0.05) is 18.0 Å². The van der Waals surface area contributed by atoms with E-state index in [1.165, 1.54) is 18.3 Å². The number of nitrogens with zero attached hydrogens (tertiary/aromatic N) is 1. The minimum atomic E-state index is -1.01. The van der Waals surface area contributed by atoms with Crippen molar-refractivity contribution in [2.45, 2.75) is 25.9 Å². The first-order valence-corrected chi connectivity index (χ1v) is 7.67. The molecule has 7 heteroatoms. The normalized spacial score (nSPS) is 11.7. The third-order valence-electron chi connectivity index (χ3n) is 2.69. The Morgan fingerprint density at radius 1 is 1.50 bits per heavy atom. The van der Waals surface area contributed by atoms with Crippen LogP contribution in [0, 0.1) is 0 Å². The molecule has 110 valence electrons. The van der Waals surface area contributed by atoms with Crippen molar-refractivity contribution < 1.29 is 14.7 Å². The molecule has 0 aliphatic heterocycles. The number of carbonyl (C=O) groups excluding carboxylic acids is 1. The minimum absolute atomic E-state index is 0.128. The van der Waals surface area contributed by atoms with Gasteiger partial charge in [-0.15, -0.1) is 0 Å². The Kier molecular flexibility index (Phi) is 6.86. The highest BCUT2D eigenvalue weighted by Gasteiger charge is 2.10. The van der Waals surface area contributed by atoms with E-state index in [1.807, 2.05) is 13.2 Å². The molecular formula is C13H19N3O3S. The number of hydrogen-bond donors (Lipinski definition) is 3. The molecule has 0 aliphatic rings. The number of aromatic carboxylic acids is 1. The van der Waals surface area contributed by atoms with Crippen molar-refractivity contribution in [1.29, 1.82) is 0 Å². The van der Waals surface area contributed by atoms with E-state index in [1.54, 1.807) is 11.8 Å². The lowest BCUT2D eigenvalue weighted by atomic mass is 10.2. The fourth-order valence-electron chi connectivity index (χ4n) is 1.58. The molecular weight excluding hydrogens is 278 g/mol. The smallest absolute Gasteiger partial charge is 0.335 e. The zero-order valence-corrected chi connectivity index (χ0v) is 12.4. The summed E-state index contributed by atoms with van der Waals surface area (Å²) in [7, 11) is 0. The highest BCUT2D eigenvalue weighted by molar-refractivity contribution is 7.98. The molecule has 1 atom stereocenters. The summed E-state index contributed by atoms with van der Waals surface area (Å²) in [5.41, 5.74) is 0.670. The van der Waals surface area contributed by atoms with Gasteiger partial charge in [0.2, 0.25) is 0 Å². The Bertz CT molecular complexity index is 468. The SMILES string of the molecule is CCC(CSC)NC(=O)NCc1cc(C(=O)O)ccn1. The fourth-order valence-corrected chi connectivity index (χ4v) is 2.30. The fraction of sp³-hybridized carbons (Fsp3) is 0.462. The van der Waals surface area contributed by atoms with Gasteiger partial charge in [0.25, 0.3) is 0 Å². The summed E-state index contributed by atoms with van der Waals surface area (Å²) in [5.74, 6) is -0.152. The van der Waals surface area contributed by atoms with Gasteiger partial charge in [-0.1, -0.05) is 6.92 Å². The molecule has 1 aromatic rings. The van der Waals surface area contributed by atoms with Gasteiger partial charge in [-0.2, -0.15) is 11.8 Å². The van der Waals surface area contributed by atoms with Crippen LogP contribution in [0.2, 0.25) is 0 Å². The predicted octanol–water partition coefficient (Wildman–Crippen LogP) is 1.72. The van der Waals surface area contributed by atoms with Crippen molar-refractivity contribution in [1.82, 2.24) is 15.6 Å². The highest BCUT2D eigenvalue weighted by atomic mass is 32.2. The van der Waals surface area contributed by atoms with Crippen LogP contribution in [-0.2, 0) is 6.54 Å². The number of amides is 2. The van der Waals surface area contributed by atoms with E-state index in [0.717, 1.165) is 12.2 Å². The largest absolute Gasteiger partial charge is 0.478 e. The lowest BCUT2D eigenvalue weighted by Gasteiger charge is -2.16. The van der Waals surface area contributed by atoms with Gasteiger partial charge in [-0.05, 0) is 24.8 Å². The van der Waals surface area contributed by atoms with Crippen molar-refractivity contribution in [3.05, 3.63) is 29.6 Å². The Morgan fingerprint density at radius 2 is 2.25 bits per heavy atom. The van der Waals surface area contributed by atoms with Crippen LogP contribution in [0.15, 0.2) is 18.3 Å². The average Bonchev–Trinajstić information content (AvgIpc) is 2.45. The summed E-state index contributed by atoms with van der Waals surface area (Å²) in [5, 5.41) is 14.4. The van der Waals surface area contributed by atoms with Gasteiger partial charge >= 0.3 is 12.0 Å². The summed E-state index contributed by atoms with van der Waals surface area (Å²) in [6.07, 6.45) is 4.27. The Labute approximate surface area is 122 Å². The maximum atomic E-state index is 11.7. The molecule has 1 aromatic heterocycles. The first-order valence-electron chi connectivity index (χ1n) is 6.28. The van der Waals surface area contributed by atoms with Gasteiger partial charge in [-0.25, -0.2) is 9.59 Å².